The molecule has 2 amide bonds. The predicted octanol–water partition coefficient (Wildman–Crippen LogP) is 2.32. The summed E-state index contributed by atoms with van der Waals surface area (Å²) >= 11 is 0. The van der Waals surface area contributed by atoms with Gasteiger partial charge in [0.05, 0.1) is 5.56 Å². The number of amides is 2. The summed E-state index contributed by atoms with van der Waals surface area (Å²) in [6.45, 7) is 6.07. The van der Waals surface area contributed by atoms with Crippen molar-refractivity contribution in [2.75, 3.05) is 7.05 Å². The molecular formula is C18H23F2N3O5. The van der Waals surface area contributed by atoms with E-state index in [1.807, 2.05) is 0 Å². The van der Waals surface area contributed by atoms with Gasteiger partial charge in [0.1, 0.15) is 11.1 Å². The first-order chi connectivity index (χ1) is 12.8. The third-order valence-corrected chi connectivity index (χ3v) is 4.27. The molecule has 1 saturated carbocycles. The molecule has 1 aliphatic rings. The van der Waals surface area contributed by atoms with Crippen LogP contribution in [0.1, 0.15) is 61.3 Å². The van der Waals surface area contributed by atoms with Crippen molar-refractivity contribution < 1.29 is 27.9 Å². The lowest BCUT2D eigenvalue weighted by molar-refractivity contribution is 0.0334. The van der Waals surface area contributed by atoms with E-state index in [0.717, 1.165) is 28.8 Å². The summed E-state index contributed by atoms with van der Waals surface area (Å²) in [4.78, 5) is 48.8. The van der Waals surface area contributed by atoms with Crippen LogP contribution in [0, 0.1) is 0 Å². The lowest BCUT2D eigenvalue weighted by Gasteiger charge is -2.24. The molecule has 8 nitrogen and oxygen atoms in total. The van der Waals surface area contributed by atoms with Crippen LogP contribution in [0.2, 0.25) is 0 Å². The van der Waals surface area contributed by atoms with Gasteiger partial charge in [-0.3, -0.25) is 19.4 Å². The average molecular weight is 399 g/mol. The summed E-state index contributed by atoms with van der Waals surface area (Å²) in [5.74, 6) is -1.44. The minimum Gasteiger partial charge on any atom is -0.443 e. The molecule has 0 aromatic carbocycles. The highest BCUT2D eigenvalue weighted by molar-refractivity contribution is 6.07. The molecule has 1 N–H and O–H groups in total. The summed E-state index contributed by atoms with van der Waals surface area (Å²) < 4.78 is 32.6. The highest BCUT2D eigenvalue weighted by Gasteiger charge is 2.53. The van der Waals surface area contributed by atoms with Gasteiger partial charge in [0.2, 0.25) is 0 Å². The lowest BCUT2D eigenvalue weighted by Crippen LogP contribution is -2.46. The first-order valence-corrected chi connectivity index (χ1v) is 8.62. The molecule has 154 valence electrons. The van der Waals surface area contributed by atoms with E-state index < -0.39 is 40.9 Å². The van der Waals surface area contributed by atoms with Crippen molar-refractivity contribution in [3.8, 4) is 0 Å². The molecule has 2 rings (SSSR count). The minimum absolute atomic E-state index is 0.106. The smallest absolute Gasteiger partial charge is 0.426 e. The number of ketones is 1. The molecule has 0 unspecified atom stereocenters. The van der Waals surface area contributed by atoms with Crippen LogP contribution in [0.15, 0.2) is 17.1 Å². The van der Waals surface area contributed by atoms with Crippen LogP contribution in [-0.4, -0.2) is 46.4 Å². The summed E-state index contributed by atoms with van der Waals surface area (Å²) in [6, 6.07) is 0.842. The minimum atomic E-state index is -2.77. The summed E-state index contributed by atoms with van der Waals surface area (Å²) in [6.07, 6.45) is -2.47. The monoisotopic (exact) mass is 399 g/mol. The Kier molecular flexibility index (Phi) is 5.63. The van der Waals surface area contributed by atoms with E-state index in [-0.39, 0.29) is 24.0 Å². The van der Waals surface area contributed by atoms with Gasteiger partial charge < -0.3 is 9.30 Å². The molecule has 1 aromatic rings. The van der Waals surface area contributed by atoms with Gasteiger partial charge in [-0.15, -0.1) is 0 Å². The van der Waals surface area contributed by atoms with Gasteiger partial charge in [-0.05, 0) is 40.5 Å². The van der Waals surface area contributed by atoms with E-state index in [0.29, 0.717) is 0 Å². The molecule has 1 fully saturated rings. The van der Waals surface area contributed by atoms with Crippen molar-refractivity contribution in [3.05, 3.63) is 33.7 Å². The third-order valence-electron chi connectivity index (χ3n) is 4.27. The highest BCUT2D eigenvalue weighted by atomic mass is 19.3. The Hall–Kier alpha value is -2.78. The van der Waals surface area contributed by atoms with E-state index in [1.165, 1.54) is 7.05 Å². The van der Waals surface area contributed by atoms with Crippen molar-refractivity contribution in [2.24, 2.45) is 0 Å². The van der Waals surface area contributed by atoms with Crippen molar-refractivity contribution in [1.29, 1.82) is 0 Å². The largest absolute Gasteiger partial charge is 0.443 e. The maximum absolute atomic E-state index is 13.4. The first kappa shape index (κ1) is 21.5. The zero-order valence-electron chi connectivity index (χ0n) is 16.3. The van der Waals surface area contributed by atoms with Crippen LogP contribution in [-0.2, 0) is 10.3 Å². The molecule has 0 atom stereocenters. The van der Waals surface area contributed by atoms with Crippen LogP contribution in [0.4, 0.5) is 13.6 Å². The molecule has 0 spiro atoms. The number of carbonyl (C=O) groups is 3. The van der Waals surface area contributed by atoms with Crippen molar-refractivity contribution in [1.82, 2.24) is 15.0 Å². The number of alkyl halides is 2. The highest BCUT2D eigenvalue weighted by Crippen LogP contribution is 2.47. The number of nitrogens with zero attached hydrogens (tertiary/aromatic N) is 2. The number of rotatable bonds is 4. The van der Waals surface area contributed by atoms with Gasteiger partial charge in [0.15, 0.2) is 5.78 Å². The van der Waals surface area contributed by atoms with Crippen LogP contribution in [0.3, 0.4) is 0 Å². The fraction of sp³-hybridized carbons (Fsp3) is 0.556. The molecule has 1 aliphatic carbocycles. The maximum atomic E-state index is 13.4. The lowest BCUT2D eigenvalue weighted by atomic mass is 10.1. The fourth-order valence-electron chi connectivity index (χ4n) is 2.70. The Morgan fingerprint density at radius 3 is 2.25 bits per heavy atom. The first-order valence-electron chi connectivity index (χ1n) is 8.62. The molecule has 0 radical (unpaired) electrons. The number of hydrogen-bond donors (Lipinski definition) is 1. The molecule has 10 heteroatoms. The third kappa shape index (κ3) is 4.37. The van der Waals surface area contributed by atoms with E-state index >= 15 is 0 Å². The van der Waals surface area contributed by atoms with Crippen LogP contribution < -0.4 is 11.0 Å². The van der Waals surface area contributed by atoms with E-state index in [1.54, 1.807) is 20.8 Å². The quantitative estimate of drug-likeness (QED) is 0.619. The zero-order chi connectivity index (χ0) is 21.4. The zero-order valence-corrected chi connectivity index (χ0v) is 16.3. The standard InChI is InChI=1S/C18H23F2N3O5/c1-10(24)12-9-23(18(6-7-18)15(19)20)13(25)8-11(12)14(26)22(5)21-16(27)28-17(2,3)4/h8-9,15H,6-7H2,1-5H3,(H,21,27). The number of Topliss-reactive ketones (excluding diaryl/α,β-unsaturated/α-hetero) is 1. The summed E-state index contributed by atoms with van der Waals surface area (Å²) in [5, 5.41) is 0.764. The molecule has 0 aliphatic heterocycles. The molecule has 1 aromatic heterocycles. The van der Waals surface area contributed by atoms with E-state index in [4.69, 9.17) is 4.74 Å². The number of nitrogens with one attached hydrogen (secondary N) is 1. The van der Waals surface area contributed by atoms with Gasteiger partial charge in [-0.2, -0.15) is 0 Å². The molecule has 28 heavy (non-hydrogen) atoms. The normalized spacial score (nSPS) is 15.1. The topological polar surface area (TPSA) is 97.7 Å². The number of halogens is 2. The van der Waals surface area contributed by atoms with Crippen molar-refractivity contribution in [2.45, 2.75) is 58.1 Å². The Morgan fingerprint density at radius 1 is 1.25 bits per heavy atom. The van der Waals surface area contributed by atoms with Crippen molar-refractivity contribution in [3.63, 3.8) is 0 Å². The molecular weight excluding hydrogens is 376 g/mol. The number of aromatic nitrogens is 1. The maximum Gasteiger partial charge on any atom is 0.426 e. The van der Waals surface area contributed by atoms with Gasteiger partial charge >= 0.3 is 6.09 Å². The van der Waals surface area contributed by atoms with E-state index in [9.17, 15) is 28.0 Å². The Labute approximate surface area is 160 Å². The Morgan fingerprint density at radius 2 is 1.82 bits per heavy atom. The Bertz CT molecular complexity index is 869. The second-order valence-electron chi connectivity index (χ2n) is 7.75. The number of hydrogen-bond acceptors (Lipinski definition) is 5. The van der Waals surface area contributed by atoms with Gasteiger partial charge in [-0.25, -0.2) is 19.0 Å². The van der Waals surface area contributed by atoms with E-state index in [2.05, 4.69) is 5.43 Å². The van der Waals surface area contributed by atoms with Gasteiger partial charge in [0.25, 0.3) is 17.9 Å². The number of pyridine rings is 1. The second kappa shape index (κ2) is 7.33. The molecule has 0 saturated heterocycles. The second-order valence-corrected chi connectivity index (χ2v) is 7.75. The molecule has 0 bridgehead atoms. The predicted molar refractivity (Wildman–Crippen MR) is 95.4 cm³/mol. The van der Waals surface area contributed by atoms with Gasteiger partial charge in [-0.1, -0.05) is 0 Å². The summed E-state index contributed by atoms with van der Waals surface area (Å²) in [7, 11) is 1.21. The number of hydrazine groups is 1. The SMILES string of the molecule is CC(=O)c1cn(C2(C(F)F)CC2)c(=O)cc1C(=O)N(C)NC(=O)OC(C)(C)C. The number of carbonyl (C=O) groups excluding carboxylic acids is 3. The van der Waals surface area contributed by atoms with Crippen LogP contribution in [0.5, 0.6) is 0 Å². The fourth-order valence-corrected chi connectivity index (χ4v) is 2.70. The summed E-state index contributed by atoms with van der Waals surface area (Å²) in [5.41, 5.74) is -1.56. The number of ether oxygens (including phenoxy) is 1. The molecule has 1 heterocycles. The van der Waals surface area contributed by atoms with Crippen LogP contribution in [0.25, 0.3) is 0 Å². The van der Waals surface area contributed by atoms with Crippen LogP contribution >= 0.6 is 0 Å². The average Bonchev–Trinajstić information content (AvgIpc) is 3.33. The van der Waals surface area contributed by atoms with Crippen molar-refractivity contribution >= 4 is 17.8 Å². The van der Waals surface area contributed by atoms with Gasteiger partial charge in [0, 0.05) is 24.9 Å². The Balaban J connectivity index is 2.36.